The van der Waals surface area contributed by atoms with Crippen LogP contribution in [0.5, 0.6) is 0 Å². The van der Waals surface area contributed by atoms with Gasteiger partial charge in [-0.25, -0.2) is 15.0 Å². The molecule has 0 unspecified atom stereocenters. The quantitative estimate of drug-likeness (QED) is 0.715. The summed E-state index contributed by atoms with van der Waals surface area (Å²) in [6, 6.07) is 3.82. The normalized spacial score (nSPS) is 15.3. The molecule has 0 saturated carbocycles. The van der Waals surface area contributed by atoms with Gasteiger partial charge >= 0.3 is 0 Å². The maximum Gasteiger partial charge on any atom is 0.222 e. The van der Waals surface area contributed by atoms with Gasteiger partial charge in [0.15, 0.2) is 17.5 Å². The summed E-state index contributed by atoms with van der Waals surface area (Å²) in [4.78, 5) is 29.2. The van der Waals surface area contributed by atoms with Gasteiger partial charge in [0, 0.05) is 44.9 Å². The number of nitrogens with one attached hydrogen (secondary N) is 1. The number of carbonyl (C=O) groups is 1. The minimum Gasteiger partial charge on any atom is -0.381 e. The van der Waals surface area contributed by atoms with Crippen molar-refractivity contribution in [2.75, 3.05) is 49.2 Å². The Morgan fingerprint density at radius 1 is 1.15 bits per heavy atom. The number of hydrogen-bond donors (Lipinski definition) is 2. The molecule has 1 amide bonds. The maximum atomic E-state index is 11.2. The molecule has 9 heteroatoms. The molecule has 3 N–H and O–H groups in total. The van der Waals surface area contributed by atoms with E-state index in [0.717, 1.165) is 48.9 Å². The highest BCUT2D eigenvalue weighted by molar-refractivity contribution is 5.87. The second-order valence-corrected chi connectivity index (χ2v) is 6.74. The minimum absolute atomic E-state index is 0.153. The standard InChI is InChI=1S/C18H22N8O/c1-12(27)21-15-11-26-10-13(3-4-16(26)23-15)14-9-20-17(19)18(22-14)25-7-5-24(2)6-8-25/h3-4,9-11H,5-8H2,1-2H3,(H2,19,20)(H,21,27). The fourth-order valence-corrected chi connectivity index (χ4v) is 3.16. The summed E-state index contributed by atoms with van der Waals surface area (Å²) in [5.41, 5.74) is 8.48. The number of likely N-dealkylation sites (N-methyl/N-ethyl adjacent to an activating group) is 1. The van der Waals surface area contributed by atoms with Crippen LogP contribution in [0.25, 0.3) is 16.9 Å². The number of rotatable bonds is 3. The van der Waals surface area contributed by atoms with Gasteiger partial charge in [-0.05, 0) is 19.2 Å². The van der Waals surface area contributed by atoms with Gasteiger partial charge in [0.2, 0.25) is 5.91 Å². The topological polar surface area (TPSA) is 105 Å². The summed E-state index contributed by atoms with van der Waals surface area (Å²) in [5.74, 6) is 1.53. The van der Waals surface area contributed by atoms with Crippen molar-refractivity contribution in [1.29, 1.82) is 0 Å². The van der Waals surface area contributed by atoms with Crippen molar-refractivity contribution in [1.82, 2.24) is 24.3 Å². The van der Waals surface area contributed by atoms with Crippen molar-refractivity contribution in [3.05, 3.63) is 30.7 Å². The average Bonchev–Trinajstić information content (AvgIpc) is 3.03. The Kier molecular flexibility index (Phi) is 4.36. The van der Waals surface area contributed by atoms with E-state index >= 15 is 0 Å². The first-order valence-electron chi connectivity index (χ1n) is 8.82. The second-order valence-electron chi connectivity index (χ2n) is 6.74. The van der Waals surface area contributed by atoms with Crippen molar-refractivity contribution >= 4 is 29.0 Å². The van der Waals surface area contributed by atoms with Gasteiger partial charge in [-0.3, -0.25) is 4.79 Å². The lowest BCUT2D eigenvalue weighted by Crippen LogP contribution is -2.45. The number of amides is 1. The van der Waals surface area contributed by atoms with E-state index in [4.69, 9.17) is 10.7 Å². The van der Waals surface area contributed by atoms with Gasteiger partial charge in [0.05, 0.1) is 18.1 Å². The number of piperazine rings is 1. The first-order valence-corrected chi connectivity index (χ1v) is 8.82. The fourth-order valence-electron chi connectivity index (χ4n) is 3.16. The van der Waals surface area contributed by atoms with E-state index in [9.17, 15) is 4.79 Å². The van der Waals surface area contributed by atoms with E-state index in [1.54, 1.807) is 12.4 Å². The van der Waals surface area contributed by atoms with E-state index in [1.807, 2.05) is 22.7 Å². The third-order valence-corrected chi connectivity index (χ3v) is 4.64. The van der Waals surface area contributed by atoms with E-state index in [0.29, 0.717) is 11.6 Å². The number of nitrogen functional groups attached to an aromatic ring is 1. The molecule has 1 aliphatic rings. The van der Waals surface area contributed by atoms with Crippen molar-refractivity contribution in [2.24, 2.45) is 0 Å². The SMILES string of the molecule is CC(=O)Nc1cn2cc(-c3cnc(N)c(N4CCN(C)CC4)n3)ccc2n1. The van der Waals surface area contributed by atoms with Crippen LogP contribution in [0.4, 0.5) is 17.5 Å². The van der Waals surface area contributed by atoms with Gasteiger partial charge in [-0.15, -0.1) is 0 Å². The lowest BCUT2D eigenvalue weighted by molar-refractivity contribution is -0.114. The zero-order valence-corrected chi connectivity index (χ0v) is 15.4. The number of aromatic nitrogens is 4. The highest BCUT2D eigenvalue weighted by Crippen LogP contribution is 2.25. The fraction of sp³-hybridized carbons (Fsp3) is 0.333. The first kappa shape index (κ1) is 17.2. The van der Waals surface area contributed by atoms with Crippen LogP contribution in [-0.4, -0.2) is 63.4 Å². The number of carbonyl (C=O) groups excluding carboxylic acids is 1. The van der Waals surface area contributed by atoms with Crippen LogP contribution in [0.3, 0.4) is 0 Å². The molecule has 0 spiro atoms. The number of nitrogens with zero attached hydrogens (tertiary/aromatic N) is 6. The predicted octanol–water partition coefficient (Wildman–Crippen LogP) is 1.08. The molecule has 1 aliphatic heterocycles. The van der Waals surface area contributed by atoms with Crippen LogP contribution in [0, 0.1) is 0 Å². The van der Waals surface area contributed by atoms with Crippen LogP contribution in [0.2, 0.25) is 0 Å². The molecule has 1 fully saturated rings. The smallest absolute Gasteiger partial charge is 0.222 e. The summed E-state index contributed by atoms with van der Waals surface area (Å²) in [6.45, 7) is 5.15. The Labute approximate surface area is 156 Å². The summed E-state index contributed by atoms with van der Waals surface area (Å²) in [7, 11) is 2.11. The molecule has 0 aromatic carbocycles. The molecule has 9 nitrogen and oxygen atoms in total. The van der Waals surface area contributed by atoms with E-state index in [-0.39, 0.29) is 5.91 Å². The third kappa shape index (κ3) is 3.54. The second kappa shape index (κ2) is 6.84. The number of fused-ring (bicyclic) bond motifs is 1. The molecule has 0 atom stereocenters. The molecule has 140 valence electrons. The monoisotopic (exact) mass is 366 g/mol. The Morgan fingerprint density at radius 2 is 1.93 bits per heavy atom. The highest BCUT2D eigenvalue weighted by Gasteiger charge is 2.19. The Hall–Kier alpha value is -3.20. The predicted molar refractivity (Wildman–Crippen MR) is 105 cm³/mol. The van der Waals surface area contributed by atoms with Gasteiger partial charge in [-0.1, -0.05) is 0 Å². The number of nitrogens with two attached hydrogens (primary N) is 1. The Bertz CT molecular complexity index is 990. The van der Waals surface area contributed by atoms with E-state index in [1.165, 1.54) is 6.92 Å². The molecule has 27 heavy (non-hydrogen) atoms. The Morgan fingerprint density at radius 3 is 2.67 bits per heavy atom. The van der Waals surface area contributed by atoms with Gasteiger partial charge in [0.25, 0.3) is 0 Å². The van der Waals surface area contributed by atoms with Crippen molar-refractivity contribution < 1.29 is 4.79 Å². The molecule has 0 radical (unpaired) electrons. The van der Waals surface area contributed by atoms with Gasteiger partial charge in [-0.2, -0.15) is 0 Å². The number of imidazole rings is 1. The molecule has 0 bridgehead atoms. The summed E-state index contributed by atoms with van der Waals surface area (Å²) in [5, 5.41) is 2.69. The average molecular weight is 366 g/mol. The largest absolute Gasteiger partial charge is 0.381 e. The van der Waals surface area contributed by atoms with Gasteiger partial charge in [0.1, 0.15) is 5.65 Å². The van der Waals surface area contributed by atoms with Crippen LogP contribution in [-0.2, 0) is 4.79 Å². The van der Waals surface area contributed by atoms with Crippen LogP contribution >= 0.6 is 0 Å². The zero-order valence-electron chi connectivity index (χ0n) is 15.4. The summed E-state index contributed by atoms with van der Waals surface area (Å²) in [6.07, 6.45) is 5.37. The number of pyridine rings is 1. The molecule has 3 aromatic heterocycles. The summed E-state index contributed by atoms with van der Waals surface area (Å²) >= 11 is 0. The lowest BCUT2D eigenvalue weighted by atomic mass is 10.2. The third-order valence-electron chi connectivity index (χ3n) is 4.64. The molecule has 0 aliphatic carbocycles. The van der Waals surface area contributed by atoms with Crippen LogP contribution in [0.1, 0.15) is 6.92 Å². The number of anilines is 3. The maximum absolute atomic E-state index is 11.2. The summed E-state index contributed by atoms with van der Waals surface area (Å²) < 4.78 is 1.86. The highest BCUT2D eigenvalue weighted by atomic mass is 16.1. The van der Waals surface area contributed by atoms with Crippen molar-refractivity contribution in [3.8, 4) is 11.3 Å². The van der Waals surface area contributed by atoms with E-state index < -0.39 is 0 Å². The Balaban J connectivity index is 1.66. The van der Waals surface area contributed by atoms with Crippen molar-refractivity contribution in [2.45, 2.75) is 6.92 Å². The van der Waals surface area contributed by atoms with Crippen LogP contribution < -0.4 is 16.0 Å². The molecule has 4 heterocycles. The van der Waals surface area contributed by atoms with Crippen LogP contribution in [0.15, 0.2) is 30.7 Å². The number of hydrogen-bond acceptors (Lipinski definition) is 7. The minimum atomic E-state index is -0.153. The first-order chi connectivity index (χ1) is 13.0. The molecular weight excluding hydrogens is 344 g/mol. The molecule has 3 aromatic rings. The van der Waals surface area contributed by atoms with Gasteiger partial charge < -0.3 is 25.3 Å². The molecule has 1 saturated heterocycles. The zero-order chi connectivity index (χ0) is 19.0. The molecule has 4 rings (SSSR count). The lowest BCUT2D eigenvalue weighted by Gasteiger charge is -2.33. The van der Waals surface area contributed by atoms with Crippen molar-refractivity contribution in [3.63, 3.8) is 0 Å². The van der Waals surface area contributed by atoms with E-state index in [2.05, 4.69) is 32.1 Å². The molecular formula is C18H22N8O.